The highest BCUT2D eigenvalue weighted by atomic mass is 28.5. The summed E-state index contributed by atoms with van der Waals surface area (Å²) in [7, 11) is -8.42. The molecule has 3 saturated heterocycles. The van der Waals surface area contributed by atoms with Crippen molar-refractivity contribution in [2.24, 2.45) is 90.2 Å². The molecule has 774 valence electrons. The molecular weight excluding hydrogens is 1840 g/mol. The van der Waals surface area contributed by atoms with Gasteiger partial charge in [0.2, 0.25) is 0 Å². The number of carboxylic acid groups (broad SMARTS) is 1. The Morgan fingerprint density at radius 3 is 0.971 bits per heavy atom. The first-order valence-corrected chi connectivity index (χ1v) is 60.5. The first-order valence-electron chi connectivity index (χ1n) is 48.4. The summed E-state index contributed by atoms with van der Waals surface area (Å²) in [5, 5.41) is 36.3. The molecule has 136 heavy (non-hydrogen) atoms. The molecule has 36 heteroatoms. The van der Waals surface area contributed by atoms with Crippen molar-refractivity contribution in [3.05, 3.63) is 35.4 Å². The molecule has 0 spiro atoms. The molecule has 1 N–H and O–H groups in total. The lowest BCUT2D eigenvalue weighted by molar-refractivity contribution is -0.221. The zero-order chi connectivity index (χ0) is 106. The third kappa shape index (κ3) is 31.4. The average Bonchev–Trinajstić information content (AvgIpc) is 1.55. The highest BCUT2D eigenvalue weighted by Gasteiger charge is 2.75. The van der Waals surface area contributed by atoms with Crippen molar-refractivity contribution in [3.8, 4) is 18.2 Å². The lowest BCUT2D eigenvalue weighted by Gasteiger charge is -2.42. The third-order valence-corrected chi connectivity index (χ3v) is 40.4. The maximum Gasteiger partial charge on any atom is 0.469 e. The smallest absolute Gasteiger partial charge is 0.469 e. The number of rotatable bonds is 31. The molecule has 1 aromatic rings. The molecule has 26 nitrogen and oxygen atoms in total. The maximum atomic E-state index is 12.2. The number of alkyl halides is 6. The van der Waals surface area contributed by atoms with Gasteiger partial charge in [0, 0.05) is 41.6 Å². The van der Waals surface area contributed by atoms with Crippen LogP contribution in [0.5, 0.6) is 0 Å². The van der Waals surface area contributed by atoms with E-state index in [4.69, 9.17) is 50.6 Å². The standard InChI is InChI=1S/C18H44O5Si4.2C15H19NO4.C14H17NO4.C14H22.2C9H15F3O2.C6H12O2/c1-13-18(2,3)17(19)20-15-14-16-27(21-24(4,5)6,22-25(7,8)9)23-26(10,11)12;2*1-4-14(2,3)12(17)19-10-8-5-9-11(10)20-13(18)15(9,6-8)7-16;1-3-7(2)12(16)18-10-8-4-9-11(10)19-13(17)14(9,5-8)6-15;1-6-11(2)12-7-9-13(10-8-12)14(3,4)5;2*1-5-8(3,4)7(13)14-6(2)9(10,11)12;1-4-6(2,3)5(7)8/h13-16H2,1-12H3;2*8-11H,4-6H2,1-3H3;7-11H,3-5H2,1-2H3;7-11H,6H2,1-5H3;2*6H,5H2,1-4H3;4H2,1-3H3,(H,7,8). The lowest BCUT2D eigenvalue weighted by atomic mass is 9.74. The van der Waals surface area contributed by atoms with Crippen molar-refractivity contribution in [2.75, 3.05) is 6.61 Å². The highest BCUT2D eigenvalue weighted by Crippen LogP contribution is 2.65. The van der Waals surface area contributed by atoms with E-state index in [1.54, 1.807) is 55.4 Å². The Kier molecular flexibility index (Phi) is 42.5. The van der Waals surface area contributed by atoms with E-state index in [2.05, 4.69) is 145 Å². The summed E-state index contributed by atoms with van der Waals surface area (Å²) >= 11 is 0. The summed E-state index contributed by atoms with van der Waals surface area (Å²) in [4.78, 5) is 117. The number of carbonyl (C=O) groups is 10. The van der Waals surface area contributed by atoms with E-state index in [0.717, 1.165) is 46.0 Å². The van der Waals surface area contributed by atoms with E-state index in [1.165, 1.54) is 17.5 Å². The molecule has 9 aliphatic rings. The molecule has 3 aliphatic heterocycles. The van der Waals surface area contributed by atoms with Crippen LogP contribution in [0.2, 0.25) is 65.0 Å². The lowest BCUT2D eigenvalue weighted by Crippen LogP contribution is -2.60. The first-order chi connectivity index (χ1) is 61.7. The fraction of sp³-hybridized carbons (Fsp3) is 0.810. The summed E-state index contributed by atoms with van der Waals surface area (Å²) in [6, 6.07) is 16.2. The third-order valence-electron chi connectivity index (χ3n) is 28.4. The predicted octanol–water partition coefficient (Wildman–Crippen LogP) is 22.7. The van der Waals surface area contributed by atoms with Crippen molar-refractivity contribution in [1.82, 2.24) is 0 Å². The van der Waals surface area contributed by atoms with Crippen molar-refractivity contribution in [2.45, 2.75) is 421 Å². The molecule has 10 rings (SSSR count). The highest BCUT2D eigenvalue weighted by molar-refractivity contribution is 6.90. The number of fused-ring (bicyclic) bond motifs is 3. The van der Waals surface area contributed by atoms with Gasteiger partial charge < -0.3 is 60.1 Å². The van der Waals surface area contributed by atoms with Crippen LogP contribution in [0.15, 0.2) is 24.3 Å². The number of halogens is 6. The molecule has 9 fully saturated rings. The summed E-state index contributed by atoms with van der Waals surface area (Å²) in [6.45, 7) is 68.8. The van der Waals surface area contributed by atoms with Crippen LogP contribution in [0, 0.1) is 124 Å². The largest absolute Gasteiger partial charge is 0.481 e. The Morgan fingerprint density at radius 2 is 0.728 bits per heavy atom. The quantitative estimate of drug-likeness (QED) is 0.0237. The monoisotopic (exact) mass is 2000 g/mol. The zero-order valence-electron chi connectivity index (χ0n) is 88.1. The normalized spacial score (nSPS) is 26.4. The molecule has 0 aromatic heterocycles. The number of aliphatic carboxylic acids is 1. The van der Waals surface area contributed by atoms with Gasteiger partial charge in [0.1, 0.15) is 36.6 Å². The van der Waals surface area contributed by atoms with Crippen LogP contribution in [-0.2, 0) is 108 Å². The number of carboxylic acids is 1. The van der Waals surface area contributed by atoms with E-state index in [0.29, 0.717) is 76.4 Å². The Balaban J connectivity index is 0.000000407. The summed E-state index contributed by atoms with van der Waals surface area (Å²) in [5.74, 6) is -4.00. The summed E-state index contributed by atoms with van der Waals surface area (Å²) in [5.41, 5.74) is -3.52. The molecule has 19 unspecified atom stereocenters. The van der Waals surface area contributed by atoms with Gasteiger partial charge in [-0.15, -0.1) is 0 Å². The molecule has 6 bridgehead atoms. The van der Waals surface area contributed by atoms with E-state index >= 15 is 0 Å². The van der Waals surface area contributed by atoms with E-state index in [-0.39, 0.29) is 89.0 Å². The number of nitriles is 3. The van der Waals surface area contributed by atoms with Crippen molar-refractivity contribution in [3.63, 3.8) is 0 Å². The molecule has 0 amide bonds. The fourth-order valence-corrected chi connectivity index (χ4v) is 30.9. The summed E-state index contributed by atoms with van der Waals surface area (Å²) in [6.07, 6.45) is -5.37. The molecule has 3 heterocycles. The van der Waals surface area contributed by atoms with E-state index in [1.807, 2.05) is 83.1 Å². The van der Waals surface area contributed by atoms with Gasteiger partial charge in [-0.2, -0.15) is 42.1 Å². The van der Waals surface area contributed by atoms with Crippen LogP contribution >= 0.6 is 0 Å². The Hall–Kier alpha value is -7.28. The second-order valence-corrected chi connectivity index (χ2v) is 62.9. The average molecular weight is 2000 g/mol. The number of hydrogen-bond donors (Lipinski definition) is 1. The minimum absolute atomic E-state index is 0.0766. The molecule has 19 atom stereocenters. The second-order valence-electron chi connectivity index (χ2n) is 45.9. The Bertz CT molecular complexity index is 4220. The van der Waals surface area contributed by atoms with Crippen molar-refractivity contribution < 1.29 is 134 Å². The van der Waals surface area contributed by atoms with E-state index in [9.17, 15) is 90.1 Å². The number of nitrogens with zero attached hydrogens (tertiary/aromatic N) is 3. The van der Waals surface area contributed by atoms with Crippen LogP contribution < -0.4 is 0 Å². The van der Waals surface area contributed by atoms with Gasteiger partial charge in [-0.05, 0) is 275 Å². The predicted molar refractivity (Wildman–Crippen MR) is 510 cm³/mol. The van der Waals surface area contributed by atoms with Crippen LogP contribution in [0.4, 0.5) is 26.3 Å². The molecular formula is C100H163F6N3O23Si4. The van der Waals surface area contributed by atoms with Crippen molar-refractivity contribution >= 4 is 93.4 Å². The molecule has 6 aliphatic carbocycles. The number of ether oxygens (including phenoxy) is 9. The van der Waals surface area contributed by atoms with Gasteiger partial charge in [0.05, 0.1) is 63.2 Å². The SMILES string of the molecule is CCC(C)(C)C(=O)O.CCC(C)(C)C(=O)OC(C)C(F)(F)F.CCC(C)(C)C(=O)OC(C)C(F)(F)F.CCC(C)(C)C(=O)OC1C2CC3C1OC(=O)C3(C#N)C2.CCC(C)(C)C(=O)OC1C2CC3C1OC(=O)C3(C#N)C2.CCC(C)(C)C(=O)OCCC[Si](O[Si](C)(C)C)(O[Si](C)(C)C)O[Si](C)(C)C.CCC(C)C(=O)OC1C2CC3C1OC(=O)C3(C#N)C2.CCC(C)c1ccc(C(C)(C)C)cc1. The van der Waals surface area contributed by atoms with Crippen LogP contribution in [0.1, 0.15) is 300 Å². The maximum absolute atomic E-state index is 12.2. The topological polar surface area (TPSA) is 373 Å². The summed E-state index contributed by atoms with van der Waals surface area (Å²) < 4.78 is 139. The molecule has 0 radical (unpaired) electrons. The minimum atomic E-state index is -4.49. The van der Waals surface area contributed by atoms with Crippen LogP contribution in [-0.4, -0.2) is 166 Å². The first kappa shape index (κ1) is 123. The van der Waals surface area contributed by atoms with Gasteiger partial charge in [-0.25, -0.2) is 0 Å². The van der Waals surface area contributed by atoms with E-state index < -0.39 is 161 Å². The Morgan fingerprint density at radius 1 is 0.441 bits per heavy atom. The molecule has 1 aromatic carbocycles. The molecule has 6 saturated carbocycles. The van der Waals surface area contributed by atoms with Crippen molar-refractivity contribution in [1.29, 1.82) is 15.8 Å². The minimum Gasteiger partial charge on any atom is -0.481 e. The number of carbonyl (C=O) groups excluding carboxylic acids is 9. The van der Waals surface area contributed by atoms with Crippen LogP contribution in [0.25, 0.3) is 0 Å². The van der Waals surface area contributed by atoms with Crippen LogP contribution in [0.3, 0.4) is 0 Å². The number of hydrogen-bond acceptors (Lipinski definition) is 25. The Labute approximate surface area is 810 Å². The van der Waals surface area contributed by atoms with Gasteiger partial charge in [0.15, 0.2) is 53.4 Å². The van der Waals surface area contributed by atoms with Gasteiger partial charge in [-0.1, -0.05) is 114 Å². The van der Waals surface area contributed by atoms with Gasteiger partial charge in [0.25, 0.3) is 0 Å². The number of esters is 9. The number of benzene rings is 1. The van der Waals surface area contributed by atoms with Gasteiger partial charge >= 0.3 is 80.9 Å². The zero-order valence-corrected chi connectivity index (χ0v) is 92.1. The second kappa shape index (κ2) is 47.1. The fourth-order valence-electron chi connectivity index (χ4n) is 16.3. The van der Waals surface area contributed by atoms with Gasteiger partial charge in [-0.3, -0.25) is 47.9 Å².